The molecule has 4 aromatic carbocycles. The second-order valence-corrected chi connectivity index (χ2v) is 17.7. The molecule has 8 rings (SSSR count). The van der Waals surface area contributed by atoms with Crippen LogP contribution < -0.4 is 24.9 Å². The first kappa shape index (κ1) is 45.1. The third-order valence-corrected chi connectivity index (χ3v) is 13.1. The first-order valence-electron chi connectivity index (χ1n) is 23.8. The molecule has 1 aromatic heterocycles. The summed E-state index contributed by atoms with van der Waals surface area (Å²) in [7, 11) is 2.00. The van der Waals surface area contributed by atoms with E-state index in [9.17, 15) is 9.59 Å². The minimum atomic E-state index is -0.340. The van der Waals surface area contributed by atoms with Crippen LogP contribution in [0, 0.1) is 6.92 Å². The van der Waals surface area contributed by atoms with Gasteiger partial charge in [0.25, 0.3) is 11.8 Å². The van der Waals surface area contributed by atoms with Crippen molar-refractivity contribution in [2.45, 2.75) is 106 Å². The van der Waals surface area contributed by atoms with Crippen LogP contribution in [0.1, 0.15) is 110 Å². The number of ether oxygens (including phenoxy) is 1. The van der Waals surface area contributed by atoms with Crippen molar-refractivity contribution in [3.05, 3.63) is 124 Å². The molecule has 336 valence electrons. The van der Waals surface area contributed by atoms with Crippen LogP contribution >= 0.6 is 0 Å². The number of hydrogen-bond acceptors (Lipinski definition) is 6. The molecule has 0 radical (unpaired) electrons. The number of aryl methyl sites for hydroxylation is 2. The lowest BCUT2D eigenvalue weighted by molar-refractivity contribution is -0.400. The maximum absolute atomic E-state index is 14.3. The number of aromatic nitrogens is 2. The molecule has 1 fully saturated rings. The van der Waals surface area contributed by atoms with Gasteiger partial charge in [-0.1, -0.05) is 88.5 Å². The topological polar surface area (TPSA) is 94.8 Å². The van der Waals surface area contributed by atoms with Crippen LogP contribution in [0.5, 0.6) is 5.75 Å². The lowest BCUT2D eigenvalue weighted by atomic mass is 10.0. The number of carbonyl (C=O) groups excluding carboxylic acids is 2. The number of anilines is 2. The summed E-state index contributed by atoms with van der Waals surface area (Å²) in [6, 6.07) is 30.1. The lowest BCUT2D eigenvalue weighted by Crippen LogP contribution is -2.70. The Morgan fingerprint density at radius 3 is 2.17 bits per heavy atom. The first-order chi connectivity index (χ1) is 31.6. The average molecular weight is 871 g/mol. The predicted octanol–water partition coefficient (Wildman–Crippen LogP) is 11.6. The van der Waals surface area contributed by atoms with E-state index in [1.54, 1.807) is 0 Å². The van der Waals surface area contributed by atoms with Gasteiger partial charge >= 0.3 is 0 Å². The van der Waals surface area contributed by atoms with Crippen LogP contribution in [0.25, 0.3) is 50.3 Å². The summed E-state index contributed by atoms with van der Waals surface area (Å²) in [5.41, 5.74) is 9.31. The van der Waals surface area contributed by atoms with E-state index in [0.717, 1.165) is 98.1 Å². The second kappa shape index (κ2) is 20.1. The largest absolute Gasteiger partial charge is 0.494 e. The van der Waals surface area contributed by atoms with E-state index in [1.165, 1.54) is 56.3 Å². The number of benzene rings is 5. The fourth-order valence-electron chi connectivity index (χ4n) is 9.42. The number of para-hydroxylation sites is 1. The molecule has 9 nitrogen and oxygen atoms in total. The Morgan fingerprint density at radius 2 is 1.48 bits per heavy atom. The molecular formula is C56H64N5O4+. The van der Waals surface area contributed by atoms with Crippen molar-refractivity contribution < 1.29 is 23.7 Å². The molecular weight excluding hydrogens is 807 g/mol. The standard InChI is InChI=1S/C56H63N5O4/c1-8-11-12-13-14-15-16-17-18-21-32-64-42-29-30-44-45(34-42)48(36-52-54(44)58-47-31-28-41(33-51(47)65-52)60(9-2)10-3)57-39-24-26-40(27-25-39)61-55(62)46(53(37(4)5)56(61)63)35-50-38(6)43-22-19-20-23-49(43)59(50)7/h19-20,22-31,33-36H,8-18,21,32H2,1-7H3/p+1/b46-35-,57-48?. The van der Waals surface area contributed by atoms with Crippen molar-refractivity contribution >= 4 is 67.7 Å². The van der Waals surface area contributed by atoms with Gasteiger partial charge in [-0.2, -0.15) is 0 Å². The highest BCUT2D eigenvalue weighted by atomic mass is 16.5. The number of imide groups is 1. The smallest absolute Gasteiger partial charge is 0.266 e. The lowest BCUT2D eigenvalue weighted by Gasteiger charge is -2.21. The number of rotatable bonds is 18. The van der Waals surface area contributed by atoms with E-state index >= 15 is 0 Å². The zero-order chi connectivity index (χ0) is 45.6. The molecule has 0 spiro atoms. The Kier molecular flexibility index (Phi) is 14.0. The molecule has 1 N–H and O–H groups in total. The monoisotopic (exact) mass is 870 g/mol. The van der Waals surface area contributed by atoms with E-state index in [2.05, 4.69) is 78.6 Å². The Bertz CT molecular complexity index is 2920. The van der Waals surface area contributed by atoms with Gasteiger partial charge in [0, 0.05) is 66.0 Å². The number of hydrogen-bond donors (Lipinski definition) is 1. The quantitative estimate of drug-likeness (QED) is 0.0303. The van der Waals surface area contributed by atoms with Crippen molar-refractivity contribution in [3.63, 3.8) is 0 Å². The van der Waals surface area contributed by atoms with Crippen molar-refractivity contribution in [1.82, 2.24) is 9.55 Å². The van der Waals surface area contributed by atoms with Gasteiger partial charge in [0.2, 0.25) is 11.0 Å². The highest BCUT2D eigenvalue weighted by Crippen LogP contribution is 2.36. The van der Waals surface area contributed by atoms with Gasteiger partial charge in [-0.05, 0) is 101 Å². The maximum Gasteiger partial charge on any atom is 0.266 e. The van der Waals surface area contributed by atoms with E-state index < -0.39 is 0 Å². The van der Waals surface area contributed by atoms with Gasteiger partial charge in [-0.25, -0.2) is 14.9 Å². The Hall–Kier alpha value is -6.48. The number of allylic oxidation sites excluding steroid dienone is 1. The van der Waals surface area contributed by atoms with Crippen LogP contribution in [0.3, 0.4) is 0 Å². The summed E-state index contributed by atoms with van der Waals surface area (Å²) < 4.78 is 15.1. The molecule has 1 aliphatic carbocycles. The number of unbranched alkanes of at least 4 members (excludes halogenated alkanes) is 9. The molecule has 5 aromatic rings. The van der Waals surface area contributed by atoms with Crippen molar-refractivity contribution in [3.8, 4) is 17.2 Å². The Balaban J connectivity index is 1.11. The summed E-state index contributed by atoms with van der Waals surface area (Å²) in [6.07, 6.45) is 14.6. The summed E-state index contributed by atoms with van der Waals surface area (Å²) in [4.78, 5) is 40.8. The van der Waals surface area contributed by atoms with Gasteiger partial charge in [-0.3, -0.25) is 9.59 Å². The fourth-order valence-corrected chi connectivity index (χ4v) is 9.42. The summed E-state index contributed by atoms with van der Waals surface area (Å²) >= 11 is 0. The second-order valence-electron chi connectivity index (χ2n) is 17.7. The molecule has 3 heterocycles. The van der Waals surface area contributed by atoms with Crippen molar-refractivity contribution in [2.75, 3.05) is 29.5 Å². The van der Waals surface area contributed by atoms with Gasteiger partial charge in [0.1, 0.15) is 17.0 Å². The molecule has 65 heavy (non-hydrogen) atoms. The Labute approximate surface area is 383 Å². The van der Waals surface area contributed by atoms with Gasteiger partial charge in [0.15, 0.2) is 11.3 Å². The molecule has 0 saturated carbocycles. The van der Waals surface area contributed by atoms with E-state index in [4.69, 9.17) is 14.1 Å². The normalized spacial score (nSPS) is 14.1. The zero-order valence-electron chi connectivity index (χ0n) is 39.4. The zero-order valence-corrected chi connectivity index (χ0v) is 39.4. The number of nitrogens with zero attached hydrogens (tertiary/aromatic N) is 4. The van der Waals surface area contributed by atoms with E-state index in [-0.39, 0.29) is 11.8 Å². The van der Waals surface area contributed by atoms with E-state index in [0.29, 0.717) is 34.8 Å². The fraction of sp³-hybridized carbons (Fsp3) is 0.357. The van der Waals surface area contributed by atoms with Crippen molar-refractivity contribution in [2.24, 2.45) is 7.05 Å². The van der Waals surface area contributed by atoms with Gasteiger partial charge in [-0.15, -0.1) is 0 Å². The minimum Gasteiger partial charge on any atom is -0.494 e. The molecule has 3 aliphatic rings. The number of nitrogens with one attached hydrogen (secondary N) is 1. The van der Waals surface area contributed by atoms with E-state index in [1.807, 2.05) is 81.6 Å². The summed E-state index contributed by atoms with van der Waals surface area (Å²) in [5, 5.41) is 3.83. The number of carbonyl (C=O) groups is 2. The molecule has 2 amide bonds. The summed E-state index contributed by atoms with van der Waals surface area (Å²) in [6.45, 7) is 14.8. The van der Waals surface area contributed by atoms with Crippen LogP contribution in [0.4, 0.5) is 17.1 Å². The average Bonchev–Trinajstić information content (AvgIpc) is 3.71. The maximum atomic E-state index is 14.3. The van der Waals surface area contributed by atoms with Crippen LogP contribution in [0.2, 0.25) is 0 Å². The van der Waals surface area contributed by atoms with Crippen LogP contribution in [-0.4, -0.2) is 41.1 Å². The SMILES string of the molecule is CCCCCCCCCCCCOc1ccc2c3nc4ccc(N(CC)CC)cc4oc-3cc(=[NH+]c3ccc(N4C(=O)C(=C(C)C)/C(=C/c5c(C)c6ccccc6n5C)C4=O)cc3)c2c1. The van der Waals surface area contributed by atoms with Crippen LogP contribution in [0.15, 0.2) is 112 Å². The third kappa shape index (κ3) is 9.38. The van der Waals surface area contributed by atoms with Crippen molar-refractivity contribution in [1.29, 1.82) is 0 Å². The number of fused-ring (bicyclic) bond motifs is 5. The Morgan fingerprint density at radius 1 is 0.769 bits per heavy atom. The highest BCUT2D eigenvalue weighted by molar-refractivity contribution is 6.38. The summed E-state index contributed by atoms with van der Waals surface area (Å²) in [5.74, 6) is 0.794. The molecule has 1 saturated heterocycles. The third-order valence-electron chi connectivity index (χ3n) is 13.1. The molecule has 0 atom stereocenters. The van der Waals surface area contributed by atoms with Crippen LogP contribution in [-0.2, 0) is 16.6 Å². The molecule has 2 aliphatic heterocycles. The molecule has 0 unspecified atom stereocenters. The highest BCUT2D eigenvalue weighted by Gasteiger charge is 2.41. The predicted molar refractivity (Wildman–Crippen MR) is 266 cm³/mol. The molecule has 9 heteroatoms. The number of amides is 2. The van der Waals surface area contributed by atoms with Gasteiger partial charge < -0.3 is 18.6 Å². The van der Waals surface area contributed by atoms with Gasteiger partial charge in [0.05, 0.1) is 34.9 Å². The molecule has 0 bridgehead atoms. The minimum absolute atomic E-state index is 0.324. The first-order valence-corrected chi connectivity index (χ1v) is 23.8.